The molecule has 9 nitrogen and oxygen atoms in total. The van der Waals surface area contributed by atoms with Crippen molar-refractivity contribution < 1.29 is 9.53 Å². The van der Waals surface area contributed by atoms with E-state index in [-0.39, 0.29) is 29.8 Å². The molecule has 2 aromatic rings. The van der Waals surface area contributed by atoms with Crippen molar-refractivity contribution in [2.24, 2.45) is 11.3 Å². The first-order valence-electron chi connectivity index (χ1n) is 16.2. The quantitative estimate of drug-likeness (QED) is 0.230. The Balaban J connectivity index is 1.15. The Morgan fingerprint density at radius 2 is 1.90 bits per heavy atom. The van der Waals surface area contributed by atoms with Gasteiger partial charge in [0, 0.05) is 36.3 Å². The summed E-state index contributed by atoms with van der Waals surface area (Å²) in [5.74, 6) is 1.35. The highest BCUT2D eigenvalue weighted by atomic mass is 16.5. The molecule has 4 aliphatic rings. The molecule has 6 rings (SSSR count). The Hall–Kier alpha value is -2.69. The van der Waals surface area contributed by atoms with Crippen LogP contribution in [0.1, 0.15) is 80.8 Å². The van der Waals surface area contributed by atoms with Gasteiger partial charge in [0.1, 0.15) is 5.75 Å². The number of nitrogens with one attached hydrogen (secondary N) is 7. The van der Waals surface area contributed by atoms with E-state index in [4.69, 9.17) is 4.74 Å². The van der Waals surface area contributed by atoms with Gasteiger partial charge in [-0.3, -0.25) is 10.1 Å². The van der Waals surface area contributed by atoms with Crippen molar-refractivity contribution >= 4 is 11.6 Å². The second kappa shape index (κ2) is 12.9. The van der Waals surface area contributed by atoms with Crippen LogP contribution in [-0.2, 0) is 0 Å². The third-order valence-corrected chi connectivity index (χ3v) is 10.3. The summed E-state index contributed by atoms with van der Waals surface area (Å²) in [5, 5.41) is 18.4. The fraction of sp³-hybridized carbons (Fsp3) is 0.606. The molecule has 7 N–H and O–H groups in total. The number of ether oxygens (including phenoxy) is 1. The van der Waals surface area contributed by atoms with Gasteiger partial charge in [-0.05, 0) is 74.4 Å². The Morgan fingerprint density at radius 1 is 1.02 bits per heavy atom. The maximum absolute atomic E-state index is 13.4. The third-order valence-electron chi connectivity index (χ3n) is 10.3. The third kappa shape index (κ3) is 5.90. The molecular formula is C33H49N7O2. The number of hydrogen-bond acceptors (Lipinski definition) is 8. The van der Waals surface area contributed by atoms with Crippen LogP contribution >= 0.6 is 0 Å². The van der Waals surface area contributed by atoms with Crippen molar-refractivity contribution in [2.75, 3.05) is 38.1 Å². The number of anilines is 1. The van der Waals surface area contributed by atoms with Gasteiger partial charge in [-0.15, -0.1) is 0 Å². The van der Waals surface area contributed by atoms with Gasteiger partial charge in [-0.1, -0.05) is 51.0 Å². The summed E-state index contributed by atoms with van der Waals surface area (Å²) in [6, 6.07) is 15.8. The molecule has 4 aliphatic heterocycles. The molecule has 6 atom stereocenters. The monoisotopic (exact) mass is 575 g/mol. The maximum Gasteiger partial charge on any atom is 0.251 e. The second-order valence-corrected chi connectivity index (χ2v) is 12.7. The first-order chi connectivity index (χ1) is 20.6. The SMILES string of the molecule is CCCCC1(CC)CNCCC1C1NNC([C@@]2(Nc3cccc(C(=O)N[C@H]4CCOc5ccccc54)c3)CCNC2)N1. The number of unbranched alkanes of at least 4 members (excludes halogenated alkanes) is 1. The van der Waals surface area contributed by atoms with Gasteiger partial charge < -0.3 is 26.0 Å². The van der Waals surface area contributed by atoms with Crippen LogP contribution < -0.4 is 42.2 Å². The normalized spacial score (nSPS) is 32.6. The fourth-order valence-corrected chi connectivity index (χ4v) is 7.77. The Bertz CT molecular complexity index is 1220. The van der Waals surface area contributed by atoms with Gasteiger partial charge >= 0.3 is 0 Å². The van der Waals surface area contributed by atoms with Gasteiger partial charge in [0.25, 0.3) is 5.91 Å². The van der Waals surface area contributed by atoms with E-state index in [1.807, 2.05) is 42.5 Å². The minimum absolute atomic E-state index is 0.0457. The molecule has 0 spiro atoms. The summed E-state index contributed by atoms with van der Waals surface area (Å²) < 4.78 is 5.79. The standard InChI is InChI=1S/C33H49N7O2/c1-3-5-15-32(4-2)21-34-17-13-26(32)29-37-31(40-39-29)33(16-18-35-22-33)38-24-10-8-9-23(20-24)30(41)36-27-14-19-42-28-12-7-6-11-25(27)28/h6-12,20,26-27,29,31,34-35,37-40H,3-5,13-19,21-22H2,1-2H3,(H,36,41)/t26?,27-,29?,31?,32?,33+/m0/s1. The van der Waals surface area contributed by atoms with Crippen molar-refractivity contribution in [3.8, 4) is 5.75 Å². The molecule has 42 heavy (non-hydrogen) atoms. The van der Waals surface area contributed by atoms with E-state index in [0.717, 1.165) is 56.0 Å². The van der Waals surface area contributed by atoms with Crippen LogP contribution in [0.4, 0.5) is 5.69 Å². The summed E-state index contributed by atoms with van der Waals surface area (Å²) in [6.07, 6.45) is 8.13. The van der Waals surface area contributed by atoms with Crippen LogP contribution in [-0.4, -0.2) is 56.6 Å². The van der Waals surface area contributed by atoms with E-state index in [1.54, 1.807) is 0 Å². The van der Waals surface area contributed by atoms with Crippen molar-refractivity contribution in [1.29, 1.82) is 0 Å². The number of hydrogen-bond donors (Lipinski definition) is 7. The predicted octanol–water partition coefficient (Wildman–Crippen LogP) is 3.63. The van der Waals surface area contributed by atoms with Crippen molar-refractivity contribution in [2.45, 2.75) is 82.7 Å². The summed E-state index contributed by atoms with van der Waals surface area (Å²) in [5.41, 5.74) is 10.1. The van der Waals surface area contributed by atoms with Crippen LogP contribution in [0.2, 0.25) is 0 Å². The Morgan fingerprint density at radius 3 is 2.74 bits per heavy atom. The number of carbonyl (C=O) groups excluding carboxylic acids is 1. The number of benzene rings is 2. The number of rotatable bonds is 10. The zero-order valence-corrected chi connectivity index (χ0v) is 25.2. The zero-order chi connectivity index (χ0) is 29.0. The van der Waals surface area contributed by atoms with Crippen LogP contribution in [0.15, 0.2) is 48.5 Å². The van der Waals surface area contributed by atoms with E-state index < -0.39 is 0 Å². The molecule has 4 heterocycles. The highest BCUT2D eigenvalue weighted by molar-refractivity contribution is 5.95. The molecule has 9 heteroatoms. The molecule has 3 saturated heterocycles. The molecule has 2 aromatic carbocycles. The average Bonchev–Trinajstić information content (AvgIpc) is 3.72. The predicted molar refractivity (Wildman–Crippen MR) is 167 cm³/mol. The lowest BCUT2D eigenvalue weighted by Crippen LogP contribution is -2.61. The molecule has 0 aromatic heterocycles. The first-order valence-corrected chi connectivity index (χ1v) is 16.2. The van der Waals surface area contributed by atoms with Gasteiger partial charge in [-0.2, -0.15) is 0 Å². The van der Waals surface area contributed by atoms with E-state index in [1.165, 1.54) is 32.1 Å². The minimum Gasteiger partial charge on any atom is -0.493 e. The van der Waals surface area contributed by atoms with Crippen LogP contribution in [0.5, 0.6) is 5.75 Å². The Kier molecular flexibility index (Phi) is 9.02. The molecule has 0 radical (unpaired) electrons. The van der Waals surface area contributed by atoms with Crippen LogP contribution in [0.3, 0.4) is 0 Å². The van der Waals surface area contributed by atoms with E-state index in [9.17, 15) is 4.79 Å². The largest absolute Gasteiger partial charge is 0.493 e. The summed E-state index contributed by atoms with van der Waals surface area (Å²) in [6.45, 7) is 9.21. The molecule has 228 valence electrons. The van der Waals surface area contributed by atoms with E-state index in [2.05, 4.69) is 57.3 Å². The summed E-state index contributed by atoms with van der Waals surface area (Å²) in [4.78, 5) is 13.4. The lowest BCUT2D eigenvalue weighted by molar-refractivity contribution is 0.0562. The molecule has 3 fully saturated rings. The lowest BCUT2D eigenvalue weighted by Gasteiger charge is -2.47. The number of carbonyl (C=O) groups is 1. The molecule has 0 bridgehead atoms. The van der Waals surface area contributed by atoms with Crippen LogP contribution in [0.25, 0.3) is 0 Å². The number of para-hydroxylation sites is 1. The van der Waals surface area contributed by atoms with Gasteiger partial charge in [0.2, 0.25) is 0 Å². The smallest absolute Gasteiger partial charge is 0.251 e. The zero-order valence-electron chi connectivity index (χ0n) is 25.2. The number of amides is 1. The van der Waals surface area contributed by atoms with Gasteiger partial charge in [0.05, 0.1) is 30.5 Å². The second-order valence-electron chi connectivity index (χ2n) is 12.7. The minimum atomic E-state index is -0.234. The van der Waals surface area contributed by atoms with E-state index in [0.29, 0.717) is 23.5 Å². The highest BCUT2D eigenvalue weighted by Gasteiger charge is 2.50. The summed E-state index contributed by atoms with van der Waals surface area (Å²) >= 11 is 0. The number of hydrazine groups is 1. The number of fused-ring (bicyclic) bond motifs is 1. The van der Waals surface area contributed by atoms with Crippen molar-refractivity contribution in [1.82, 2.24) is 32.1 Å². The molecule has 0 saturated carbocycles. The van der Waals surface area contributed by atoms with E-state index >= 15 is 0 Å². The molecule has 0 aliphatic carbocycles. The first kappa shape index (κ1) is 29.4. The summed E-state index contributed by atoms with van der Waals surface area (Å²) in [7, 11) is 0. The van der Waals surface area contributed by atoms with Crippen molar-refractivity contribution in [3.05, 3.63) is 59.7 Å². The fourth-order valence-electron chi connectivity index (χ4n) is 7.77. The molecule has 1 amide bonds. The maximum atomic E-state index is 13.4. The van der Waals surface area contributed by atoms with Gasteiger partial charge in [0.15, 0.2) is 0 Å². The molecule has 4 unspecified atom stereocenters. The average molecular weight is 576 g/mol. The van der Waals surface area contributed by atoms with Crippen LogP contribution in [0, 0.1) is 11.3 Å². The Labute approximate surface area is 250 Å². The topological polar surface area (TPSA) is 111 Å². The number of piperidine rings is 1. The lowest BCUT2D eigenvalue weighted by atomic mass is 9.65. The molecular weight excluding hydrogens is 526 g/mol. The van der Waals surface area contributed by atoms with Crippen molar-refractivity contribution in [3.63, 3.8) is 0 Å². The highest BCUT2D eigenvalue weighted by Crippen LogP contribution is 2.43. The van der Waals surface area contributed by atoms with Gasteiger partial charge in [-0.25, -0.2) is 10.9 Å².